The second-order valence-electron chi connectivity index (χ2n) is 5.65. The normalized spacial score (nSPS) is 11.8. The van der Waals surface area contributed by atoms with Gasteiger partial charge in [-0.3, -0.25) is 4.79 Å². The maximum Gasteiger partial charge on any atom is 0.319 e. The van der Waals surface area contributed by atoms with E-state index in [0.29, 0.717) is 23.7 Å². The summed E-state index contributed by atoms with van der Waals surface area (Å²) in [6, 6.07) is 4.83. The van der Waals surface area contributed by atoms with Crippen molar-refractivity contribution >= 4 is 17.6 Å². The molecule has 0 aliphatic rings. The lowest BCUT2D eigenvalue weighted by atomic mass is 9.99. The Morgan fingerprint density at radius 2 is 2.00 bits per heavy atom. The van der Waals surface area contributed by atoms with Crippen molar-refractivity contribution in [3.8, 4) is 0 Å². The predicted molar refractivity (Wildman–Crippen MR) is 90.0 cm³/mol. The van der Waals surface area contributed by atoms with E-state index in [-0.39, 0.29) is 6.03 Å². The van der Waals surface area contributed by atoms with Gasteiger partial charge in [0.05, 0.1) is 0 Å². The fourth-order valence-electron chi connectivity index (χ4n) is 2.37. The van der Waals surface area contributed by atoms with E-state index in [1.54, 1.807) is 25.1 Å². The summed E-state index contributed by atoms with van der Waals surface area (Å²) in [5, 5.41) is 5.69. The number of carbonyl (C=O) groups excluding carboxylic acids is 2. The number of nitrogens with two attached hydrogens (primary N) is 1. The number of urea groups is 1. The molecule has 0 radical (unpaired) electrons. The second-order valence-corrected chi connectivity index (χ2v) is 5.65. The van der Waals surface area contributed by atoms with Crippen LogP contribution in [0, 0.1) is 12.8 Å². The van der Waals surface area contributed by atoms with Gasteiger partial charge in [-0.15, -0.1) is 0 Å². The zero-order valence-corrected chi connectivity index (χ0v) is 13.7. The van der Waals surface area contributed by atoms with Crippen LogP contribution < -0.4 is 16.4 Å². The number of nitrogens with one attached hydrogen (secondary N) is 2. The molecule has 3 amide bonds. The fourth-order valence-corrected chi connectivity index (χ4v) is 2.37. The van der Waals surface area contributed by atoms with E-state index >= 15 is 0 Å². The van der Waals surface area contributed by atoms with Gasteiger partial charge >= 0.3 is 6.03 Å². The van der Waals surface area contributed by atoms with E-state index in [0.717, 1.165) is 18.4 Å². The maximum absolute atomic E-state index is 11.9. The van der Waals surface area contributed by atoms with Crippen molar-refractivity contribution in [3.05, 3.63) is 29.3 Å². The molecule has 0 heterocycles. The second kappa shape index (κ2) is 9.07. The SMILES string of the molecule is CCCCC(CC)CNC(=O)Nc1ccc(C(N)=O)c(C)c1. The van der Waals surface area contributed by atoms with Crippen molar-refractivity contribution in [2.45, 2.75) is 46.5 Å². The summed E-state index contributed by atoms with van der Waals surface area (Å²) in [6.07, 6.45) is 4.57. The van der Waals surface area contributed by atoms with Crippen molar-refractivity contribution in [1.82, 2.24) is 5.32 Å². The molecule has 0 spiro atoms. The number of hydrogen-bond donors (Lipinski definition) is 3. The third kappa shape index (κ3) is 5.76. The smallest absolute Gasteiger partial charge is 0.319 e. The number of benzene rings is 1. The van der Waals surface area contributed by atoms with Crippen LogP contribution in [0.2, 0.25) is 0 Å². The first-order valence-corrected chi connectivity index (χ1v) is 7.93. The van der Waals surface area contributed by atoms with Crippen molar-refractivity contribution < 1.29 is 9.59 Å². The zero-order chi connectivity index (χ0) is 16.5. The first-order chi connectivity index (χ1) is 10.5. The zero-order valence-electron chi connectivity index (χ0n) is 13.7. The minimum absolute atomic E-state index is 0.221. The topological polar surface area (TPSA) is 84.2 Å². The van der Waals surface area contributed by atoms with Gasteiger partial charge in [-0.05, 0) is 43.0 Å². The lowest BCUT2D eigenvalue weighted by molar-refractivity contribution is 0.0999. The molecule has 1 unspecified atom stereocenters. The minimum atomic E-state index is -0.463. The lowest BCUT2D eigenvalue weighted by Crippen LogP contribution is -2.33. The van der Waals surface area contributed by atoms with Crippen molar-refractivity contribution in [3.63, 3.8) is 0 Å². The summed E-state index contributed by atoms with van der Waals surface area (Å²) < 4.78 is 0. The molecule has 5 heteroatoms. The molecule has 1 atom stereocenters. The Hall–Kier alpha value is -2.04. The summed E-state index contributed by atoms with van der Waals surface area (Å²) >= 11 is 0. The Morgan fingerprint density at radius 1 is 1.27 bits per heavy atom. The molecule has 0 saturated carbocycles. The molecule has 1 aromatic rings. The largest absolute Gasteiger partial charge is 0.366 e. The van der Waals surface area contributed by atoms with Crippen LogP contribution in [0.5, 0.6) is 0 Å². The van der Waals surface area contributed by atoms with E-state index in [2.05, 4.69) is 24.5 Å². The van der Waals surface area contributed by atoms with Gasteiger partial charge in [0.1, 0.15) is 0 Å². The number of amides is 3. The highest BCUT2D eigenvalue weighted by atomic mass is 16.2. The molecule has 0 saturated heterocycles. The predicted octanol–water partition coefficient (Wildman–Crippen LogP) is 3.43. The quantitative estimate of drug-likeness (QED) is 0.687. The fraction of sp³-hybridized carbons (Fsp3) is 0.529. The molecule has 0 aromatic heterocycles. The van der Waals surface area contributed by atoms with Crippen molar-refractivity contribution in [2.24, 2.45) is 11.7 Å². The van der Waals surface area contributed by atoms with E-state index in [9.17, 15) is 9.59 Å². The van der Waals surface area contributed by atoms with Gasteiger partial charge in [-0.2, -0.15) is 0 Å². The summed E-state index contributed by atoms with van der Waals surface area (Å²) in [7, 11) is 0. The van der Waals surface area contributed by atoms with E-state index in [4.69, 9.17) is 5.73 Å². The molecule has 22 heavy (non-hydrogen) atoms. The number of carbonyl (C=O) groups is 2. The van der Waals surface area contributed by atoms with Gasteiger partial charge in [0, 0.05) is 17.8 Å². The van der Waals surface area contributed by atoms with Gasteiger partial charge in [0.2, 0.25) is 5.91 Å². The molecule has 0 bridgehead atoms. The van der Waals surface area contributed by atoms with Crippen LogP contribution in [-0.2, 0) is 0 Å². The third-order valence-electron chi connectivity index (χ3n) is 3.84. The van der Waals surface area contributed by atoms with Gasteiger partial charge in [-0.25, -0.2) is 4.79 Å². The Morgan fingerprint density at radius 3 is 2.55 bits per heavy atom. The highest BCUT2D eigenvalue weighted by molar-refractivity contribution is 5.95. The molecule has 122 valence electrons. The number of hydrogen-bond acceptors (Lipinski definition) is 2. The number of primary amides is 1. The van der Waals surface area contributed by atoms with Crippen LogP contribution in [-0.4, -0.2) is 18.5 Å². The van der Waals surface area contributed by atoms with Gasteiger partial charge in [-0.1, -0.05) is 33.1 Å². The highest BCUT2D eigenvalue weighted by Gasteiger charge is 2.10. The van der Waals surface area contributed by atoms with E-state index < -0.39 is 5.91 Å². The number of aryl methyl sites for hydroxylation is 1. The summed E-state index contributed by atoms with van der Waals surface area (Å²) in [4.78, 5) is 23.1. The number of rotatable bonds is 8. The Balaban J connectivity index is 2.51. The van der Waals surface area contributed by atoms with Gasteiger partial charge in [0.15, 0.2) is 0 Å². The van der Waals surface area contributed by atoms with Crippen LogP contribution in [0.4, 0.5) is 10.5 Å². The summed E-state index contributed by atoms with van der Waals surface area (Å²) in [5.41, 5.74) is 7.14. The van der Waals surface area contributed by atoms with Crippen LogP contribution in [0.15, 0.2) is 18.2 Å². The molecule has 0 aliphatic carbocycles. The minimum Gasteiger partial charge on any atom is -0.366 e. The first-order valence-electron chi connectivity index (χ1n) is 7.93. The van der Waals surface area contributed by atoms with Crippen LogP contribution in [0.25, 0.3) is 0 Å². The van der Waals surface area contributed by atoms with Crippen LogP contribution >= 0.6 is 0 Å². The summed E-state index contributed by atoms with van der Waals surface area (Å²) in [6.45, 7) is 6.79. The molecule has 0 fully saturated rings. The maximum atomic E-state index is 11.9. The van der Waals surface area contributed by atoms with Gasteiger partial charge in [0.25, 0.3) is 0 Å². The molecule has 4 N–H and O–H groups in total. The third-order valence-corrected chi connectivity index (χ3v) is 3.84. The molecular formula is C17H27N3O2. The van der Waals surface area contributed by atoms with Crippen LogP contribution in [0.1, 0.15) is 55.5 Å². The molecule has 0 aliphatic heterocycles. The van der Waals surface area contributed by atoms with Crippen molar-refractivity contribution in [2.75, 3.05) is 11.9 Å². The average Bonchev–Trinajstić information content (AvgIpc) is 2.47. The van der Waals surface area contributed by atoms with E-state index in [1.807, 2.05) is 0 Å². The van der Waals surface area contributed by atoms with Gasteiger partial charge < -0.3 is 16.4 Å². The number of unbranched alkanes of at least 4 members (excludes halogenated alkanes) is 1. The highest BCUT2D eigenvalue weighted by Crippen LogP contribution is 2.15. The van der Waals surface area contributed by atoms with Crippen LogP contribution in [0.3, 0.4) is 0 Å². The standard InChI is InChI=1S/C17H27N3O2/c1-4-6-7-13(5-2)11-19-17(22)20-14-8-9-15(16(18)21)12(3)10-14/h8-10,13H,4-7,11H2,1-3H3,(H2,18,21)(H2,19,20,22). The molecule has 5 nitrogen and oxygen atoms in total. The molecule has 1 rings (SSSR count). The summed E-state index contributed by atoms with van der Waals surface area (Å²) in [5.74, 6) is 0.0555. The lowest BCUT2D eigenvalue weighted by Gasteiger charge is -2.16. The Bertz CT molecular complexity index is 515. The Kier molecular flexibility index (Phi) is 7.43. The Labute approximate surface area is 132 Å². The van der Waals surface area contributed by atoms with E-state index in [1.165, 1.54) is 12.8 Å². The average molecular weight is 305 g/mol. The van der Waals surface area contributed by atoms with Crippen molar-refractivity contribution in [1.29, 1.82) is 0 Å². The monoisotopic (exact) mass is 305 g/mol. The first kappa shape index (κ1) is 18.0. The molecular weight excluding hydrogens is 278 g/mol. The molecule has 1 aromatic carbocycles. The number of anilines is 1.